The number of hydrogen-bond donors (Lipinski definition) is 3. The fourth-order valence-corrected chi connectivity index (χ4v) is 3.19. The number of primary amides is 1. The van der Waals surface area contributed by atoms with E-state index in [-0.39, 0.29) is 12.3 Å². The van der Waals surface area contributed by atoms with Gasteiger partial charge in [0.15, 0.2) is 5.82 Å². The molecule has 1 saturated carbocycles. The van der Waals surface area contributed by atoms with Crippen LogP contribution in [0.5, 0.6) is 0 Å². The molecule has 1 fully saturated rings. The monoisotopic (exact) mass is 391 g/mol. The van der Waals surface area contributed by atoms with Crippen LogP contribution < -0.4 is 16.4 Å². The van der Waals surface area contributed by atoms with Gasteiger partial charge in [-0.3, -0.25) is 4.79 Å². The number of nitrogens with one attached hydrogen (secondary N) is 2. The number of anilines is 1. The van der Waals surface area contributed by atoms with Gasteiger partial charge in [-0.1, -0.05) is 42.5 Å². The number of amides is 3. The zero-order valence-corrected chi connectivity index (χ0v) is 15.7. The largest absolute Gasteiger partial charge is 0.352 e. The van der Waals surface area contributed by atoms with Crippen molar-refractivity contribution in [3.63, 3.8) is 0 Å². The fraction of sp³-hybridized carbons (Fsp3) is 0.250. The smallest absolute Gasteiger partial charge is 0.312 e. The Morgan fingerprint density at radius 1 is 1.14 bits per heavy atom. The van der Waals surface area contributed by atoms with Gasteiger partial charge in [0, 0.05) is 11.3 Å². The van der Waals surface area contributed by atoms with E-state index in [0.29, 0.717) is 17.6 Å². The lowest BCUT2D eigenvalue weighted by Crippen LogP contribution is -2.35. The molecule has 4 rings (SSSR count). The average Bonchev–Trinajstić information content (AvgIpc) is 3.44. The van der Waals surface area contributed by atoms with E-state index in [2.05, 4.69) is 26.2 Å². The third kappa shape index (κ3) is 4.57. The second-order valence-corrected chi connectivity index (χ2v) is 6.98. The molecule has 0 saturated heterocycles. The third-order valence-electron chi connectivity index (χ3n) is 4.70. The minimum Gasteiger partial charge on any atom is -0.352 e. The van der Waals surface area contributed by atoms with Crippen LogP contribution in [0.3, 0.4) is 0 Å². The van der Waals surface area contributed by atoms with Crippen LogP contribution >= 0.6 is 0 Å². The number of urea groups is 1. The summed E-state index contributed by atoms with van der Waals surface area (Å²) in [5.74, 6) is 0.438. The molecule has 3 amide bonds. The molecule has 0 aliphatic heterocycles. The minimum absolute atomic E-state index is 0.0526. The predicted molar refractivity (Wildman–Crippen MR) is 107 cm³/mol. The van der Waals surface area contributed by atoms with E-state index in [9.17, 15) is 9.59 Å². The van der Waals surface area contributed by atoms with Crippen LogP contribution in [-0.4, -0.2) is 32.1 Å². The molecule has 0 radical (unpaired) electrons. The van der Waals surface area contributed by atoms with Gasteiger partial charge in [0.05, 0.1) is 18.5 Å². The van der Waals surface area contributed by atoms with Crippen molar-refractivity contribution in [2.24, 2.45) is 5.73 Å². The summed E-state index contributed by atoms with van der Waals surface area (Å²) in [5, 5.41) is 17.4. The van der Waals surface area contributed by atoms with Crippen molar-refractivity contribution in [2.45, 2.75) is 31.3 Å². The zero-order chi connectivity index (χ0) is 20.2. The Bertz CT molecular complexity index is 1010. The molecular weight excluding hydrogens is 370 g/mol. The van der Waals surface area contributed by atoms with Crippen molar-refractivity contribution in [3.05, 3.63) is 60.2 Å². The molecule has 4 N–H and O–H groups in total. The first-order chi connectivity index (χ1) is 14.1. The highest BCUT2D eigenvalue weighted by Crippen LogP contribution is 2.36. The highest BCUT2D eigenvalue weighted by Gasteiger charge is 2.28. The van der Waals surface area contributed by atoms with E-state index < -0.39 is 12.1 Å². The average molecular weight is 391 g/mol. The highest BCUT2D eigenvalue weighted by atomic mass is 16.2. The summed E-state index contributed by atoms with van der Waals surface area (Å²) in [6, 6.07) is 15.8. The number of aromatic nitrogens is 4. The van der Waals surface area contributed by atoms with Crippen LogP contribution in [0.15, 0.2) is 54.6 Å². The summed E-state index contributed by atoms with van der Waals surface area (Å²) in [7, 11) is 0. The number of nitrogens with zero attached hydrogens (tertiary/aromatic N) is 4. The van der Waals surface area contributed by atoms with Gasteiger partial charge in [0.1, 0.15) is 0 Å². The van der Waals surface area contributed by atoms with Crippen molar-refractivity contribution in [3.8, 4) is 11.4 Å². The summed E-state index contributed by atoms with van der Waals surface area (Å²) in [4.78, 5) is 24.0. The molecule has 1 aliphatic carbocycles. The maximum atomic E-state index is 12.6. The molecule has 148 valence electrons. The van der Waals surface area contributed by atoms with Crippen LogP contribution in [0.2, 0.25) is 0 Å². The van der Waals surface area contributed by atoms with E-state index >= 15 is 0 Å². The maximum absolute atomic E-state index is 12.6. The quantitative estimate of drug-likeness (QED) is 0.570. The first-order valence-corrected chi connectivity index (χ1v) is 9.39. The number of nitrogens with two attached hydrogens (primary N) is 1. The number of benzene rings is 2. The number of carbonyl (C=O) groups excluding carboxylic acids is 2. The molecule has 1 heterocycles. The van der Waals surface area contributed by atoms with Crippen LogP contribution in [0.4, 0.5) is 10.5 Å². The molecule has 1 atom stereocenters. The molecule has 0 bridgehead atoms. The van der Waals surface area contributed by atoms with Gasteiger partial charge in [-0.2, -0.15) is 0 Å². The van der Waals surface area contributed by atoms with Gasteiger partial charge in [0.2, 0.25) is 5.91 Å². The SMILES string of the molecule is NC(=O)N[C@H](CC(=O)Nc1cccc(-c2nnnn2C2CC2)c1)c1ccccc1. The van der Waals surface area contributed by atoms with E-state index in [1.807, 2.05) is 53.2 Å². The van der Waals surface area contributed by atoms with Gasteiger partial charge in [-0.25, -0.2) is 9.48 Å². The van der Waals surface area contributed by atoms with E-state index in [0.717, 1.165) is 24.0 Å². The zero-order valence-electron chi connectivity index (χ0n) is 15.7. The normalized spacial score (nSPS) is 14.2. The molecule has 9 heteroatoms. The lowest BCUT2D eigenvalue weighted by atomic mass is 10.0. The molecule has 29 heavy (non-hydrogen) atoms. The van der Waals surface area contributed by atoms with E-state index in [4.69, 9.17) is 5.73 Å². The maximum Gasteiger partial charge on any atom is 0.312 e. The van der Waals surface area contributed by atoms with Gasteiger partial charge < -0.3 is 16.4 Å². The summed E-state index contributed by atoms with van der Waals surface area (Å²) in [6.07, 6.45) is 2.20. The minimum atomic E-state index is -0.680. The fourth-order valence-electron chi connectivity index (χ4n) is 3.19. The highest BCUT2D eigenvalue weighted by molar-refractivity contribution is 5.92. The second kappa shape index (κ2) is 8.09. The van der Waals surface area contributed by atoms with Crippen molar-refractivity contribution in [2.75, 3.05) is 5.32 Å². The number of hydrogen-bond acceptors (Lipinski definition) is 5. The first-order valence-electron chi connectivity index (χ1n) is 9.39. The molecule has 2 aromatic carbocycles. The number of tetrazole rings is 1. The summed E-state index contributed by atoms with van der Waals surface area (Å²) >= 11 is 0. The molecule has 1 aromatic heterocycles. The van der Waals surface area contributed by atoms with Gasteiger partial charge in [-0.15, -0.1) is 5.10 Å². The van der Waals surface area contributed by atoms with Crippen LogP contribution in [-0.2, 0) is 4.79 Å². The van der Waals surface area contributed by atoms with Crippen molar-refractivity contribution in [1.82, 2.24) is 25.5 Å². The summed E-state index contributed by atoms with van der Waals surface area (Å²) in [5.41, 5.74) is 7.54. The van der Waals surface area contributed by atoms with Gasteiger partial charge >= 0.3 is 6.03 Å². The molecule has 3 aromatic rings. The standard InChI is InChI=1S/C20H21N7O2/c21-20(29)23-17(13-5-2-1-3-6-13)12-18(28)22-15-8-4-7-14(11-15)19-24-25-26-27(19)16-9-10-16/h1-8,11,16-17H,9-10,12H2,(H,22,28)(H3,21,23,29)/t17-/m1/s1. The van der Waals surface area contributed by atoms with Crippen LogP contribution in [0.25, 0.3) is 11.4 Å². The Balaban J connectivity index is 1.47. The van der Waals surface area contributed by atoms with E-state index in [1.54, 1.807) is 6.07 Å². The Hall–Kier alpha value is -3.75. The van der Waals surface area contributed by atoms with Crippen molar-refractivity contribution < 1.29 is 9.59 Å². The molecule has 9 nitrogen and oxygen atoms in total. The Morgan fingerprint density at radius 2 is 1.93 bits per heavy atom. The Kier molecular flexibility index (Phi) is 5.19. The van der Waals surface area contributed by atoms with Crippen molar-refractivity contribution in [1.29, 1.82) is 0 Å². The van der Waals surface area contributed by atoms with Crippen LogP contribution in [0, 0.1) is 0 Å². The Morgan fingerprint density at radius 3 is 2.66 bits per heavy atom. The molecule has 0 spiro atoms. The second-order valence-electron chi connectivity index (χ2n) is 6.98. The molecule has 1 aliphatic rings. The van der Waals surface area contributed by atoms with Gasteiger partial charge in [0.25, 0.3) is 0 Å². The Labute approximate surface area is 167 Å². The summed E-state index contributed by atoms with van der Waals surface area (Å²) < 4.78 is 1.82. The third-order valence-corrected chi connectivity index (χ3v) is 4.70. The lowest BCUT2D eigenvalue weighted by Gasteiger charge is -2.18. The van der Waals surface area contributed by atoms with E-state index in [1.165, 1.54) is 0 Å². The first kappa shape index (κ1) is 18.6. The number of rotatable bonds is 7. The lowest BCUT2D eigenvalue weighted by molar-refractivity contribution is -0.116. The van der Waals surface area contributed by atoms with Gasteiger partial charge in [-0.05, 0) is 41.0 Å². The predicted octanol–water partition coefficient (Wildman–Crippen LogP) is 2.41. The molecular formula is C20H21N7O2. The topological polar surface area (TPSA) is 128 Å². The molecule has 0 unspecified atom stereocenters. The number of carbonyl (C=O) groups is 2. The van der Waals surface area contributed by atoms with Crippen LogP contribution in [0.1, 0.15) is 36.9 Å². The van der Waals surface area contributed by atoms with Crippen molar-refractivity contribution >= 4 is 17.6 Å². The summed E-state index contributed by atoms with van der Waals surface area (Å²) in [6.45, 7) is 0.